The molecule has 0 aliphatic carbocycles. The second-order valence-electron chi connectivity index (χ2n) is 3.22. The molecule has 0 heterocycles. The summed E-state index contributed by atoms with van der Waals surface area (Å²) >= 11 is 0. The first-order valence-corrected chi connectivity index (χ1v) is 4.48. The van der Waals surface area contributed by atoms with Crippen molar-refractivity contribution in [1.29, 1.82) is 5.41 Å². The average Bonchev–Trinajstić information content (AvgIpc) is 2.27. The molecule has 2 aromatic carbocycles. The van der Waals surface area contributed by atoms with E-state index in [1.807, 2.05) is 36.6 Å². The minimum absolute atomic E-state index is 0.112. The van der Waals surface area contributed by atoms with Crippen LogP contribution in [0.5, 0.6) is 0 Å². The number of rotatable bonds is 2. The normalized spacial score (nSPS) is 10.1. The Balaban J connectivity index is 2.87. The first-order chi connectivity index (χ1) is 7.24. The van der Waals surface area contributed by atoms with Gasteiger partial charge in [-0.25, -0.2) is 0 Å². The van der Waals surface area contributed by atoms with Gasteiger partial charge in [0.05, 0.1) is 0 Å². The highest BCUT2D eigenvalue weighted by Crippen LogP contribution is 2.20. The molecular weight excluding hydrogens is 188 g/mol. The monoisotopic (exact) mass is 197 g/mol. The lowest BCUT2D eigenvalue weighted by Gasteiger charge is -2.05. The van der Waals surface area contributed by atoms with Gasteiger partial charge < -0.3 is 5.73 Å². The molecule has 0 unspecified atom stereocenters. The fourth-order valence-electron chi connectivity index (χ4n) is 1.61. The molecule has 1 radical (unpaired) electrons. The van der Waals surface area contributed by atoms with Crippen molar-refractivity contribution in [3.8, 4) is 0 Å². The minimum Gasteiger partial charge on any atom is -0.384 e. The Morgan fingerprint density at radius 2 is 1.93 bits per heavy atom. The standard InChI is InChI=1S/C12H9N2O/c13-12(14)10-6-5-8-3-1-2-4-9(8)11(10)7-15/h1-6H,(H3,13,14). The molecule has 0 amide bonds. The molecule has 3 nitrogen and oxygen atoms in total. The summed E-state index contributed by atoms with van der Waals surface area (Å²) in [6, 6.07) is 11.0. The van der Waals surface area contributed by atoms with Gasteiger partial charge in [0.2, 0.25) is 6.29 Å². The zero-order chi connectivity index (χ0) is 10.8. The van der Waals surface area contributed by atoms with E-state index >= 15 is 0 Å². The molecule has 3 heteroatoms. The van der Waals surface area contributed by atoms with Crippen LogP contribution in [-0.4, -0.2) is 12.1 Å². The number of benzene rings is 2. The van der Waals surface area contributed by atoms with E-state index in [1.54, 1.807) is 6.07 Å². The maximum absolute atomic E-state index is 10.9. The molecule has 2 rings (SSSR count). The SMILES string of the molecule is N=C(N)c1ccc2ccccc2c1[C]=O. The summed E-state index contributed by atoms with van der Waals surface area (Å²) in [7, 11) is 0. The Bertz CT molecular complexity index is 546. The molecule has 0 aromatic heterocycles. The molecule has 2 aromatic rings. The highest BCUT2D eigenvalue weighted by atomic mass is 16.1. The van der Waals surface area contributed by atoms with E-state index in [9.17, 15) is 4.79 Å². The molecule has 0 spiro atoms. The quantitative estimate of drug-likeness (QED) is 0.567. The summed E-state index contributed by atoms with van der Waals surface area (Å²) in [6.45, 7) is 0. The lowest BCUT2D eigenvalue weighted by Crippen LogP contribution is -2.13. The van der Waals surface area contributed by atoms with Crippen molar-refractivity contribution in [3.63, 3.8) is 0 Å². The first-order valence-electron chi connectivity index (χ1n) is 4.48. The Morgan fingerprint density at radius 3 is 2.60 bits per heavy atom. The minimum atomic E-state index is -0.112. The van der Waals surface area contributed by atoms with Crippen LogP contribution in [0.4, 0.5) is 0 Å². The predicted octanol–water partition coefficient (Wildman–Crippen LogP) is 1.58. The number of nitrogens with two attached hydrogens (primary N) is 1. The third kappa shape index (κ3) is 1.48. The number of amidine groups is 1. The first kappa shape index (κ1) is 9.40. The fraction of sp³-hybridized carbons (Fsp3) is 0. The van der Waals surface area contributed by atoms with Crippen LogP contribution in [0.1, 0.15) is 11.1 Å². The maximum atomic E-state index is 10.9. The van der Waals surface area contributed by atoms with Crippen molar-refractivity contribution < 1.29 is 4.79 Å². The van der Waals surface area contributed by atoms with Crippen LogP contribution in [0.15, 0.2) is 36.4 Å². The molecule has 0 aliphatic heterocycles. The van der Waals surface area contributed by atoms with Gasteiger partial charge in [-0.3, -0.25) is 10.2 Å². The Kier molecular flexibility index (Phi) is 2.21. The van der Waals surface area contributed by atoms with Crippen molar-refractivity contribution in [2.45, 2.75) is 0 Å². The summed E-state index contributed by atoms with van der Waals surface area (Å²) in [5, 5.41) is 9.08. The number of nitrogen functional groups attached to an aromatic ring is 1. The lowest BCUT2D eigenvalue weighted by atomic mass is 9.99. The van der Waals surface area contributed by atoms with Crippen molar-refractivity contribution in [2.24, 2.45) is 5.73 Å². The molecule has 0 saturated heterocycles. The summed E-state index contributed by atoms with van der Waals surface area (Å²) in [6.07, 6.45) is 1.85. The molecule has 0 aliphatic rings. The maximum Gasteiger partial charge on any atom is 0.234 e. The molecular formula is C12H9N2O. The highest BCUT2D eigenvalue weighted by Gasteiger charge is 2.08. The van der Waals surface area contributed by atoms with E-state index in [4.69, 9.17) is 11.1 Å². The summed E-state index contributed by atoms with van der Waals surface area (Å²) in [4.78, 5) is 10.9. The van der Waals surface area contributed by atoms with E-state index in [-0.39, 0.29) is 5.84 Å². The van der Waals surface area contributed by atoms with Crippen LogP contribution in [0.3, 0.4) is 0 Å². The number of hydrogen-bond donors (Lipinski definition) is 2. The van der Waals surface area contributed by atoms with Gasteiger partial charge in [-0.2, -0.15) is 0 Å². The summed E-state index contributed by atoms with van der Waals surface area (Å²) in [5.74, 6) is -0.112. The van der Waals surface area contributed by atoms with Gasteiger partial charge in [-0.05, 0) is 16.8 Å². The third-order valence-electron chi connectivity index (χ3n) is 2.32. The zero-order valence-corrected chi connectivity index (χ0v) is 7.95. The third-order valence-corrected chi connectivity index (χ3v) is 2.32. The van der Waals surface area contributed by atoms with Crippen LogP contribution < -0.4 is 5.73 Å². The van der Waals surface area contributed by atoms with Gasteiger partial charge in [0.15, 0.2) is 0 Å². The molecule has 0 bridgehead atoms. The number of hydrogen-bond acceptors (Lipinski definition) is 2. The average molecular weight is 197 g/mol. The molecule has 15 heavy (non-hydrogen) atoms. The van der Waals surface area contributed by atoms with Crippen molar-refractivity contribution >= 4 is 22.9 Å². The molecule has 3 N–H and O–H groups in total. The van der Waals surface area contributed by atoms with Crippen LogP contribution in [0, 0.1) is 5.41 Å². The van der Waals surface area contributed by atoms with E-state index in [2.05, 4.69) is 0 Å². The molecule has 0 fully saturated rings. The second-order valence-corrected chi connectivity index (χ2v) is 3.22. The smallest absolute Gasteiger partial charge is 0.234 e. The van der Waals surface area contributed by atoms with Gasteiger partial charge >= 0.3 is 0 Å². The van der Waals surface area contributed by atoms with Crippen molar-refractivity contribution in [1.82, 2.24) is 0 Å². The lowest BCUT2D eigenvalue weighted by molar-refractivity contribution is 0.563. The number of fused-ring (bicyclic) bond motifs is 1. The fourth-order valence-corrected chi connectivity index (χ4v) is 1.61. The highest BCUT2D eigenvalue weighted by molar-refractivity contribution is 6.10. The van der Waals surface area contributed by atoms with E-state index < -0.39 is 0 Å². The molecule has 0 saturated carbocycles. The van der Waals surface area contributed by atoms with Crippen LogP contribution in [0.25, 0.3) is 10.8 Å². The second kappa shape index (κ2) is 3.53. The van der Waals surface area contributed by atoms with Gasteiger partial charge in [0.1, 0.15) is 5.84 Å². The molecule has 73 valence electrons. The largest absolute Gasteiger partial charge is 0.384 e. The van der Waals surface area contributed by atoms with E-state index in [0.29, 0.717) is 11.1 Å². The number of nitrogens with one attached hydrogen (secondary N) is 1. The summed E-state index contributed by atoms with van der Waals surface area (Å²) < 4.78 is 0. The van der Waals surface area contributed by atoms with Crippen molar-refractivity contribution in [2.75, 3.05) is 0 Å². The summed E-state index contributed by atoms with van der Waals surface area (Å²) in [5.41, 5.74) is 6.18. The van der Waals surface area contributed by atoms with Crippen LogP contribution >= 0.6 is 0 Å². The van der Waals surface area contributed by atoms with Gasteiger partial charge in [-0.1, -0.05) is 30.3 Å². The van der Waals surface area contributed by atoms with Crippen molar-refractivity contribution in [3.05, 3.63) is 47.5 Å². The van der Waals surface area contributed by atoms with Gasteiger partial charge in [-0.15, -0.1) is 0 Å². The van der Waals surface area contributed by atoms with Gasteiger partial charge in [0.25, 0.3) is 0 Å². The number of carbonyl (C=O) groups excluding carboxylic acids is 1. The zero-order valence-electron chi connectivity index (χ0n) is 7.95. The predicted molar refractivity (Wildman–Crippen MR) is 59.8 cm³/mol. The Labute approximate surface area is 87.0 Å². The Hall–Kier alpha value is -2.16. The van der Waals surface area contributed by atoms with Gasteiger partial charge in [0, 0.05) is 11.1 Å². The van der Waals surface area contributed by atoms with E-state index in [1.165, 1.54) is 0 Å². The topological polar surface area (TPSA) is 66.9 Å². The van der Waals surface area contributed by atoms with Crippen LogP contribution in [0.2, 0.25) is 0 Å². The van der Waals surface area contributed by atoms with E-state index in [0.717, 1.165) is 10.8 Å². The van der Waals surface area contributed by atoms with Crippen LogP contribution in [-0.2, 0) is 4.79 Å². The molecule has 0 atom stereocenters. The Morgan fingerprint density at radius 1 is 1.20 bits per heavy atom.